The number of benzene rings is 1. The molecule has 0 bridgehead atoms. The summed E-state index contributed by atoms with van der Waals surface area (Å²) >= 11 is 0. The zero-order valence-corrected chi connectivity index (χ0v) is 21.6. The molecule has 32 heavy (non-hydrogen) atoms. The summed E-state index contributed by atoms with van der Waals surface area (Å²) in [6.45, 7) is 17.7. The zero-order valence-electron chi connectivity index (χ0n) is 21.6. The molecule has 0 spiro atoms. The Hall–Kier alpha value is -1.10. The van der Waals surface area contributed by atoms with E-state index in [0.29, 0.717) is 0 Å². The number of rotatable bonds is 17. The van der Waals surface area contributed by atoms with E-state index in [0.717, 1.165) is 57.8 Å². The van der Waals surface area contributed by atoms with Crippen molar-refractivity contribution >= 4 is 5.69 Å². The predicted octanol–water partition coefficient (Wildman–Crippen LogP) is 6.10. The highest BCUT2D eigenvalue weighted by Crippen LogP contribution is 2.20. The minimum Gasteiger partial charge on any atom is -0.381 e. The SMILES string of the molecule is CCCC(C)CCCOCCCNCc1ccc(N2CCN(C(CC)CCC)CC2)cc1. The van der Waals surface area contributed by atoms with Crippen LogP contribution in [0.2, 0.25) is 0 Å². The fourth-order valence-electron chi connectivity index (χ4n) is 4.95. The molecule has 4 heteroatoms. The Bertz CT molecular complexity index is 569. The van der Waals surface area contributed by atoms with Gasteiger partial charge in [-0.15, -0.1) is 0 Å². The Morgan fingerprint density at radius 3 is 2.22 bits per heavy atom. The van der Waals surface area contributed by atoms with Gasteiger partial charge in [0.05, 0.1) is 0 Å². The van der Waals surface area contributed by atoms with Gasteiger partial charge in [0.1, 0.15) is 0 Å². The first-order valence-corrected chi connectivity index (χ1v) is 13.5. The zero-order chi connectivity index (χ0) is 23.0. The number of piperazine rings is 1. The third-order valence-electron chi connectivity index (χ3n) is 6.96. The largest absolute Gasteiger partial charge is 0.381 e. The van der Waals surface area contributed by atoms with Gasteiger partial charge in [-0.2, -0.15) is 0 Å². The molecule has 2 rings (SSSR count). The Morgan fingerprint density at radius 1 is 0.875 bits per heavy atom. The van der Waals surface area contributed by atoms with E-state index in [4.69, 9.17) is 4.74 Å². The van der Waals surface area contributed by atoms with Crippen molar-refractivity contribution in [2.24, 2.45) is 5.92 Å². The average molecular weight is 446 g/mol. The first kappa shape index (κ1) is 27.1. The van der Waals surface area contributed by atoms with Crippen LogP contribution in [-0.2, 0) is 11.3 Å². The molecule has 2 unspecified atom stereocenters. The highest BCUT2D eigenvalue weighted by Gasteiger charge is 2.22. The van der Waals surface area contributed by atoms with Crippen molar-refractivity contribution in [2.45, 2.75) is 91.6 Å². The molecule has 1 saturated heterocycles. The van der Waals surface area contributed by atoms with Gasteiger partial charge in [-0.3, -0.25) is 4.90 Å². The molecule has 0 saturated carbocycles. The van der Waals surface area contributed by atoms with Crippen LogP contribution in [0.1, 0.15) is 84.6 Å². The normalized spacial score (nSPS) is 16.9. The maximum atomic E-state index is 5.79. The van der Waals surface area contributed by atoms with E-state index in [1.165, 1.54) is 69.3 Å². The molecule has 1 aliphatic heterocycles. The van der Waals surface area contributed by atoms with E-state index in [1.807, 2.05) is 0 Å². The van der Waals surface area contributed by atoms with Gasteiger partial charge in [-0.05, 0) is 62.3 Å². The molecule has 1 fully saturated rings. The second-order valence-corrected chi connectivity index (χ2v) is 9.72. The topological polar surface area (TPSA) is 27.7 Å². The lowest BCUT2D eigenvalue weighted by molar-refractivity contribution is 0.124. The summed E-state index contributed by atoms with van der Waals surface area (Å²) in [5, 5.41) is 3.56. The summed E-state index contributed by atoms with van der Waals surface area (Å²) in [6.07, 6.45) is 10.1. The molecule has 0 aliphatic carbocycles. The Balaban J connectivity index is 1.55. The number of hydrogen-bond donors (Lipinski definition) is 1. The van der Waals surface area contributed by atoms with E-state index in [-0.39, 0.29) is 0 Å². The fourth-order valence-corrected chi connectivity index (χ4v) is 4.95. The summed E-state index contributed by atoms with van der Waals surface area (Å²) in [5.74, 6) is 0.848. The summed E-state index contributed by atoms with van der Waals surface area (Å²) in [4.78, 5) is 5.25. The monoisotopic (exact) mass is 445 g/mol. The van der Waals surface area contributed by atoms with Crippen LogP contribution in [0.25, 0.3) is 0 Å². The molecule has 184 valence electrons. The number of nitrogens with zero attached hydrogens (tertiary/aromatic N) is 2. The third-order valence-corrected chi connectivity index (χ3v) is 6.96. The molecular weight excluding hydrogens is 394 g/mol. The average Bonchev–Trinajstić information content (AvgIpc) is 2.82. The van der Waals surface area contributed by atoms with Gasteiger partial charge in [0.25, 0.3) is 0 Å². The van der Waals surface area contributed by atoms with Crippen molar-refractivity contribution in [3.8, 4) is 0 Å². The van der Waals surface area contributed by atoms with Crippen molar-refractivity contribution in [3.05, 3.63) is 29.8 Å². The van der Waals surface area contributed by atoms with Crippen LogP contribution in [0.5, 0.6) is 0 Å². The van der Waals surface area contributed by atoms with Gasteiger partial charge in [0.2, 0.25) is 0 Å². The van der Waals surface area contributed by atoms with Crippen molar-refractivity contribution in [2.75, 3.05) is 50.8 Å². The second-order valence-electron chi connectivity index (χ2n) is 9.72. The van der Waals surface area contributed by atoms with E-state index in [2.05, 4.69) is 67.1 Å². The molecule has 4 nitrogen and oxygen atoms in total. The molecule has 1 aromatic carbocycles. The van der Waals surface area contributed by atoms with E-state index in [9.17, 15) is 0 Å². The number of hydrogen-bond acceptors (Lipinski definition) is 4. The van der Waals surface area contributed by atoms with Gasteiger partial charge >= 0.3 is 0 Å². The maximum Gasteiger partial charge on any atom is 0.0478 e. The van der Waals surface area contributed by atoms with Crippen molar-refractivity contribution < 1.29 is 4.74 Å². The lowest BCUT2D eigenvalue weighted by atomic mass is 10.0. The molecule has 0 radical (unpaired) electrons. The van der Waals surface area contributed by atoms with Crippen LogP contribution in [0.15, 0.2) is 24.3 Å². The lowest BCUT2D eigenvalue weighted by Gasteiger charge is -2.40. The smallest absolute Gasteiger partial charge is 0.0478 e. The van der Waals surface area contributed by atoms with Crippen molar-refractivity contribution in [1.82, 2.24) is 10.2 Å². The maximum absolute atomic E-state index is 5.79. The number of anilines is 1. The summed E-state index contributed by atoms with van der Waals surface area (Å²) in [7, 11) is 0. The molecular formula is C28H51N3O. The standard InChI is InChI=1S/C28H51N3O/c1-5-10-25(4)12-8-22-32-23-9-17-29-24-26-13-15-28(16-14-26)31-20-18-30(19-21-31)27(7-3)11-6-2/h13-16,25,27,29H,5-12,17-24H2,1-4H3. The Kier molecular flexibility index (Phi) is 14.0. The van der Waals surface area contributed by atoms with Crippen molar-refractivity contribution in [3.63, 3.8) is 0 Å². The minimum absolute atomic E-state index is 0.774. The molecule has 1 N–H and O–H groups in total. The van der Waals surface area contributed by atoms with Crippen LogP contribution in [-0.4, -0.2) is 56.9 Å². The van der Waals surface area contributed by atoms with Crippen molar-refractivity contribution in [1.29, 1.82) is 0 Å². The summed E-state index contributed by atoms with van der Waals surface area (Å²) in [5.41, 5.74) is 2.74. The van der Waals surface area contributed by atoms with Crippen LogP contribution in [0, 0.1) is 5.92 Å². The Labute approximate surface area is 199 Å². The fraction of sp³-hybridized carbons (Fsp3) is 0.786. The lowest BCUT2D eigenvalue weighted by Crippen LogP contribution is -2.50. The van der Waals surface area contributed by atoms with Gasteiger partial charge in [0.15, 0.2) is 0 Å². The molecule has 1 heterocycles. The van der Waals surface area contributed by atoms with Crippen LogP contribution in [0.3, 0.4) is 0 Å². The third kappa shape index (κ3) is 10.2. The summed E-state index contributed by atoms with van der Waals surface area (Å²) < 4.78 is 5.79. The Morgan fingerprint density at radius 2 is 1.56 bits per heavy atom. The molecule has 0 aromatic heterocycles. The van der Waals surface area contributed by atoms with E-state index >= 15 is 0 Å². The van der Waals surface area contributed by atoms with E-state index in [1.54, 1.807) is 0 Å². The van der Waals surface area contributed by atoms with Crippen LogP contribution < -0.4 is 10.2 Å². The first-order valence-electron chi connectivity index (χ1n) is 13.5. The number of ether oxygens (including phenoxy) is 1. The predicted molar refractivity (Wildman–Crippen MR) is 140 cm³/mol. The summed E-state index contributed by atoms with van der Waals surface area (Å²) in [6, 6.07) is 9.95. The first-order chi connectivity index (χ1) is 15.7. The second kappa shape index (κ2) is 16.5. The van der Waals surface area contributed by atoms with Gasteiger partial charge in [-0.1, -0.05) is 59.1 Å². The van der Waals surface area contributed by atoms with Crippen LogP contribution in [0.4, 0.5) is 5.69 Å². The highest BCUT2D eigenvalue weighted by atomic mass is 16.5. The molecule has 1 aliphatic rings. The van der Waals surface area contributed by atoms with Gasteiger partial charge in [-0.25, -0.2) is 0 Å². The van der Waals surface area contributed by atoms with E-state index < -0.39 is 0 Å². The van der Waals surface area contributed by atoms with Gasteiger partial charge in [0, 0.05) is 57.7 Å². The minimum atomic E-state index is 0.774. The molecule has 1 aromatic rings. The molecule has 2 atom stereocenters. The highest BCUT2D eigenvalue weighted by molar-refractivity contribution is 5.48. The molecule has 0 amide bonds. The quantitative estimate of drug-likeness (QED) is 0.293. The van der Waals surface area contributed by atoms with Crippen LogP contribution >= 0.6 is 0 Å². The number of nitrogens with one attached hydrogen (secondary N) is 1. The van der Waals surface area contributed by atoms with Gasteiger partial charge < -0.3 is 15.0 Å².